The van der Waals surface area contributed by atoms with Crippen LogP contribution >= 0.6 is 15.9 Å². The Morgan fingerprint density at radius 3 is 2.84 bits per heavy atom. The highest BCUT2D eigenvalue weighted by atomic mass is 79.9. The largest absolute Gasteiger partial charge is 0.381 e. The fourth-order valence-corrected chi connectivity index (χ4v) is 2.07. The van der Waals surface area contributed by atoms with E-state index in [1.807, 2.05) is 0 Å². The van der Waals surface area contributed by atoms with Crippen LogP contribution in [0.5, 0.6) is 0 Å². The second-order valence-electron chi connectivity index (χ2n) is 4.18. The molecule has 0 spiro atoms. The maximum absolute atomic E-state index is 10.6. The minimum Gasteiger partial charge on any atom is -0.381 e. The molecule has 0 saturated heterocycles. The molecule has 0 aliphatic heterocycles. The third kappa shape index (κ3) is 6.13. The molecule has 0 amide bonds. The first-order valence-electron chi connectivity index (χ1n) is 6.36. The Morgan fingerprint density at radius 2 is 2.21 bits per heavy atom. The lowest BCUT2D eigenvalue weighted by atomic mass is 10.2. The number of rotatable bonds is 9. The number of hydrogen-bond donors (Lipinski definition) is 1. The van der Waals surface area contributed by atoms with Crippen molar-refractivity contribution in [3.63, 3.8) is 0 Å². The minimum absolute atomic E-state index is 0.101. The van der Waals surface area contributed by atoms with Crippen LogP contribution in [0.3, 0.4) is 0 Å². The quantitative estimate of drug-likeness (QED) is 0.428. The third-order valence-electron chi connectivity index (χ3n) is 2.55. The summed E-state index contributed by atoms with van der Waals surface area (Å²) in [5.74, 6) is 0. The van der Waals surface area contributed by atoms with Crippen molar-refractivity contribution >= 4 is 21.6 Å². The molecule has 19 heavy (non-hydrogen) atoms. The first kappa shape index (κ1) is 16.1. The molecule has 0 heterocycles. The van der Waals surface area contributed by atoms with Gasteiger partial charge in [0.1, 0.15) is 0 Å². The molecule has 1 aromatic rings. The zero-order valence-electron chi connectivity index (χ0n) is 11.0. The summed E-state index contributed by atoms with van der Waals surface area (Å²) in [6, 6.07) is 4.82. The van der Waals surface area contributed by atoms with Crippen molar-refractivity contribution in [1.82, 2.24) is 5.32 Å². The molecule has 0 aliphatic carbocycles. The number of halogens is 1. The number of nitrogens with one attached hydrogen (secondary N) is 1. The summed E-state index contributed by atoms with van der Waals surface area (Å²) in [5.41, 5.74) is 1.11. The van der Waals surface area contributed by atoms with E-state index in [0.29, 0.717) is 6.54 Å². The van der Waals surface area contributed by atoms with Crippen LogP contribution in [-0.4, -0.2) is 24.7 Å². The van der Waals surface area contributed by atoms with Gasteiger partial charge < -0.3 is 10.1 Å². The van der Waals surface area contributed by atoms with Crippen molar-refractivity contribution in [3.8, 4) is 0 Å². The number of non-ortho nitro benzene ring substituents is 1. The highest BCUT2D eigenvalue weighted by molar-refractivity contribution is 9.10. The Labute approximate surface area is 121 Å². The number of nitro benzene ring substituents is 1. The van der Waals surface area contributed by atoms with Crippen LogP contribution in [-0.2, 0) is 11.3 Å². The van der Waals surface area contributed by atoms with Crippen molar-refractivity contribution < 1.29 is 9.66 Å². The third-order valence-corrected chi connectivity index (χ3v) is 3.29. The molecule has 6 heteroatoms. The highest BCUT2D eigenvalue weighted by Gasteiger charge is 2.08. The number of hydrogen-bond acceptors (Lipinski definition) is 4. The highest BCUT2D eigenvalue weighted by Crippen LogP contribution is 2.22. The second-order valence-corrected chi connectivity index (χ2v) is 5.03. The van der Waals surface area contributed by atoms with Gasteiger partial charge in [-0.25, -0.2) is 0 Å². The number of benzene rings is 1. The molecule has 0 bridgehead atoms. The van der Waals surface area contributed by atoms with Gasteiger partial charge in [0, 0.05) is 36.4 Å². The van der Waals surface area contributed by atoms with Gasteiger partial charge in [-0.2, -0.15) is 0 Å². The number of nitro groups is 1. The summed E-state index contributed by atoms with van der Waals surface area (Å²) in [4.78, 5) is 10.2. The van der Waals surface area contributed by atoms with Crippen LogP contribution in [0.25, 0.3) is 0 Å². The van der Waals surface area contributed by atoms with E-state index >= 15 is 0 Å². The molecule has 0 unspecified atom stereocenters. The van der Waals surface area contributed by atoms with Crippen LogP contribution in [0.4, 0.5) is 5.69 Å². The summed E-state index contributed by atoms with van der Waals surface area (Å²) >= 11 is 3.35. The maximum atomic E-state index is 10.6. The Morgan fingerprint density at radius 1 is 1.42 bits per heavy atom. The molecule has 0 fully saturated rings. The normalized spacial score (nSPS) is 10.6. The van der Waals surface area contributed by atoms with Gasteiger partial charge in [-0.3, -0.25) is 10.1 Å². The monoisotopic (exact) mass is 330 g/mol. The van der Waals surface area contributed by atoms with Gasteiger partial charge >= 0.3 is 0 Å². The molecule has 0 aliphatic rings. The second kappa shape index (κ2) is 9.01. The molecular formula is C13H19BrN2O3. The first-order chi connectivity index (χ1) is 9.15. The van der Waals surface area contributed by atoms with Gasteiger partial charge in [0.25, 0.3) is 5.69 Å². The van der Waals surface area contributed by atoms with Gasteiger partial charge in [-0.1, -0.05) is 22.9 Å². The average Bonchev–Trinajstić information content (AvgIpc) is 2.39. The Kier molecular flexibility index (Phi) is 7.62. The average molecular weight is 331 g/mol. The molecule has 1 rings (SSSR count). The summed E-state index contributed by atoms with van der Waals surface area (Å²) in [5, 5.41) is 13.9. The van der Waals surface area contributed by atoms with E-state index in [4.69, 9.17) is 4.74 Å². The van der Waals surface area contributed by atoms with E-state index in [0.717, 1.165) is 42.6 Å². The van der Waals surface area contributed by atoms with Crippen LogP contribution in [0.1, 0.15) is 25.3 Å². The SMILES string of the molecule is CCCOCCCNCc1ccc([N+](=O)[O-])cc1Br. The summed E-state index contributed by atoms with van der Waals surface area (Å²) < 4.78 is 6.14. The molecule has 106 valence electrons. The first-order valence-corrected chi connectivity index (χ1v) is 7.15. The topological polar surface area (TPSA) is 64.4 Å². The van der Waals surface area contributed by atoms with E-state index in [2.05, 4.69) is 28.2 Å². The van der Waals surface area contributed by atoms with Gasteiger partial charge in [0.2, 0.25) is 0 Å². The fraction of sp³-hybridized carbons (Fsp3) is 0.538. The lowest BCUT2D eigenvalue weighted by molar-refractivity contribution is -0.384. The Balaban J connectivity index is 2.28. The van der Waals surface area contributed by atoms with E-state index in [-0.39, 0.29) is 5.69 Å². The van der Waals surface area contributed by atoms with E-state index in [9.17, 15) is 10.1 Å². The predicted octanol–water partition coefficient (Wildman–Crippen LogP) is 3.26. The lowest BCUT2D eigenvalue weighted by Crippen LogP contribution is -2.16. The molecule has 0 atom stereocenters. The Hall–Kier alpha value is -0.980. The van der Waals surface area contributed by atoms with E-state index in [1.54, 1.807) is 6.07 Å². The van der Waals surface area contributed by atoms with Crippen LogP contribution < -0.4 is 5.32 Å². The summed E-state index contributed by atoms with van der Waals surface area (Å²) in [6.45, 7) is 5.22. The van der Waals surface area contributed by atoms with Gasteiger partial charge in [0.15, 0.2) is 0 Å². The predicted molar refractivity (Wildman–Crippen MR) is 78.2 cm³/mol. The molecule has 0 aromatic heterocycles. The minimum atomic E-state index is -0.396. The number of ether oxygens (including phenoxy) is 1. The molecule has 1 aromatic carbocycles. The standard InChI is InChI=1S/C13H19BrN2O3/c1-2-7-19-8-3-6-15-10-11-4-5-12(16(17)18)9-13(11)14/h4-5,9,15H,2-3,6-8,10H2,1H3. The van der Waals surface area contributed by atoms with Crippen molar-refractivity contribution in [3.05, 3.63) is 38.3 Å². The van der Waals surface area contributed by atoms with Gasteiger partial charge in [-0.15, -0.1) is 0 Å². The van der Waals surface area contributed by atoms with Crippen LogP contribution in [0.2, 0.25) is 0 Å². The van der Waals surface area contributed by atoms with Gasteiger partial charge in [-0.05, 0) is 31.0 Å². The molecule has 0 saturated carbocycles. The van der Waals surface area contributed by atoms with Crippen LogP contribution in [0.15, 0.2) is 22.7 Å². The van der Waals surface area contributed by atoms with Gasteiger partial charge in [0.05, 0.1) is 4.92 Å². The molecule has 0 radical (unpaired) electrons. The Bertz CT molecular complexity index is 413. The van der Waals surface area contributed by atoms with E-state index < -0.39 is 4.92 Å². The summed E-state index contributed by atoms with van der Waals surface area (Å²) in [6.07, 6.45) is 2.01. The van der Waals surface area contributed by atoms with E-state index in [1.165, 1.54) is 12.1 Å². The van der Waals surface area contributed by atoms with Crippen molar-refractivity contribution in [1.29, 1.82) is 0 Å². The lowest BCUT2D eigenvalue weighted by Gasteiger charge is -2.07. The van der Waals surface area contributed by atoms with Crippen molar-refractivity contribution in [2.24, 2.45) is 0 Å². The summed E-state index contributed by atoms with van der Waals surface area (Å²) in [7, 11) is 0. The number of nitrogens with zero attached hydrogens (tertiary/aromatic N) is 1. The van der Waals surface area contributed by atoms with Crippen LogP contribution in [0, 0.1) is 10.1 Å². The zero-order chi connectivity index (χ0) is 14.1. The smallest absolute Gasteiger partial charge is 0.270 e. The van der Waals surface area contributed by atoms with Crippen molar-refractivity contribution in [2.45, 2.75) is 26.3 Å². The fourth-order valence-electron chi connectivity index (χ4n) is 1.56. The van der Waals surface area contributed by atoms with Crippen molar-refractivity contribution in [2.75, 3.05) is 19.8 Å². The maximum Gasteiger partial charge on any atom is 0.270 e. The molecule has 5 nitrogen and oxygen atoms in total. The zero-order valence-corrected chi connectivity index (χ0v) is 12.6. The molecular weight excluding hydrogens is 312 g/mol. The molecule has 1 N–H and O–H groups in total.